The second-order valence-electron chi connectivity index (χ2n) is 9.72. The molecule has 6 aromatic rings. The Morgan fingerprint density at radius 3 is 1.05 bits per heavy atom. The van der Waals surface area contributed by atoms with Crippen LogP contribution in [0.5, 0.6) is 0 Å². The molecule has 0 aliphatic rings. The number of para-hydroxylation sites is 4. The number of benzene rings is 4. The van der Waals surface area contributed by atoms with Crippen LogP contribution in [0.3, 0.4) is 0 Å². The number of anilines is 6. The Labute approximate surface area is 260 Å². The molecule has 0 saturated carbocycles. The molecule has 0 unspecified atom stereocenters. The zero-order chi connectivity index (χ0) is 29.6. The molecule has 0 radical (unpaired) electrons. The molecule has 0 saturated heterocycles. The molecule has 5 nitrogen and oxygen atoms in total. The molecule has 0 aliphatic heterocycles. The number of nitrogens with zero attached hydrogens (tertiary/aromatic N) is 5. The van der Waals surface area contributed by atoms with E-state index in [-0.39, 0.29) is 10.3 Å². The summed E-state index contributed by atoms with van der Waals surface area (Å²) in [6.45, 7) is 0. The highest BCUT2D eigenvalue weighted by atomic mass is 35.5. The van der Waals surface area contributed by atoms with Gasteiger partial charge in [0.05, 0.1) is 28.8 Å². The maximum Gasteiger partial charge on any atom is 0.131 e. The number of aromatic nitrogens is 2. The molecule has 0 N–H and O–H groups in total. The quantitative estimate of drug-likeness (QED) is 0.163. The van der Waals surface area contributed by atoms with Crippen molar-refractivity contribution in [2.45, 2.75) is 5.92 Å². The van der Waals surface area contributed by atoms with Gasteiger partial charge in [0.15, 0.2) is 0 Å². The third-order valence-electron chi connectivity index (χ3n) is 6.89. The third kappa shape index (κ3) is 6.22. The second-order valence-corrected chi connectivity index (χ2v) is 10.5. The first-order valence-electron chi connectivity index (χ1n) is 13.7. The van der Waals surface area contributed by atoms with E-state index >= 15 is 0 Å². The van der Waals surface area contributed by atoms with Crippen LogP contribution < -0.4 is 9.80 Å². The van der Waals surface area contributed by atoms with E-state index < -0.39 is 5.92 Å². The SMILES string of the molecule is N#CC(c1cc(N(c2ccccc2)c2ccccc2)cc(Cl)n1)c1cc(N(c2ccccc2)c2ccccc2)cc(Cl)n1. The monoisotopic (exact) mass is 597 g/mol. The Kier molecular flexibility index (Phi) is 8.33. The number of hydrogen-bond donors (Lipinski definition) is 0. The van der Waals surface area contributed by atoms with Crippen LogP contribution in [0.4, 0.5) is 34.1 Å². The largest absolute Gasteiger partial charge is 0.310 e. The lowest BCUT2D eigenvalue weighted by atomic mass is 10.00. The van der Waals surface area contributed by atoms with Crippen molar-refractivity contribution in [1.29, 1.82) is 5.26 Å². The first-order valence-corrected chi connectivity index (χ1v) is 14.4. The van der Waals surface area contributed by atoms with Gasteiger partial charge >= 0.3 is 0 Å². The highest BCUT2D eigenvalue weighted by Crippen LogP contribution is 2.39. The van der Waals surface area contributed by atoms with E-state index in [2.05, 4.69) is 25.8 Å². The van der Waals surface area contributed by atoms with Crippen LogP contribution >= 0.6 is 23.2 Å². The van der Waals surface area contributed by atoms with E-state index in [1.165, 1.54) is 0 Å². The van der Waals surface area contributed by atoms with Gasteiger partial charge in [0.25, 0.3) is 0 Å². The summed E-state index contributed by atoms with van der Waals surface area (Å²) in [6, 6.07) is 49.7. The van der Waals surface area contributed by atoms with Crippen LogP contribution in [0.25, 0.3) is 0 Å². The number of pyridine rings is 2. The van der Waals surface area contributed by atoms with Crippen molar-refractivity contribution in [3.05, 3.63) is 167 Å². The number of halogens is 2. The van der Waals surface area contributed by atoms with Crippen LogP contribution in [0.2, 0.25) is 10.3 Å². The summed E-state index contributed by atoms with van der Waals surface area (Å²) in [5.74, 6) is -0.836. The van der Waals surface area contributed by atoms with E-state index in [1.54, 1.807) is 12.1 Å². The third-order valence-corrected chi connectivity index (χ3v) is 7.28. The Hall–Kier alpha value is -5.15. The zero-order valence-electron chi connectivity index (χ0n) is 22.9. The molecule has 0 atom stereocenters. The molecular formula is C36H25Cl2N5. The molecule has 208 valence electrons. The highest BCUT2D eigenvalue weighted by Gasteiger charge is 2.23. The summed E-state index contributed by atoms with van der Waals surface area (Å²) < 4.78 is 0. The van der Waals surface area contributed by atoms with Crippen LogP contribution in [-0.4, -0.2) is 9.97 Å². The van der Waals surface area contributed by atoms with Gasteiger partial charge in [-0.3, -0.25) is 0 Å². The highest BCUT2D eigenvalue weighted by molar-refractivity contribution is 6.30. The molecular weight excluding hydrogens is 573 g/mol. The summed E-state index contributed by atoms with van der Waals surface area (Å²) in [4.78, 5) is 13.3. The average Bonchev–Trinajstić information content (AvgIpc) is 3.03. The molecule has 6 rings (SSSR count). The molecule has 2 aromatic heterocycles. The fourth-order valence-electron chi connectivity index (χ4n) is 5.05. The van der Waals surface area contributed by atoms with Crippen molar-refractivity contribution in [3.63, 3.8) is 0 Å². The molecule has 4 aromatic carbocycles. The Morgan fingerprint density at radius 1 is 0.465 bits per heavy atom. The van der Waals surface area contributed by atoms with Gasteiger partial charge < -0.3 is 9.80 Å². The maximum absolute atomic E-state index is 10.5. The fourth-order valence-corrected chi connectivity index (χ4v) is 5.47. The van der Waals surface area contributed by atoms with Crippen LogP contribution in [0.15, 0.2) is 146 Å². The molecule has 0 aliphatic carbocycles. The summed E-state index contributed by atoms with van der Waals surface area (Å²) in [5, 5.41) is 11.0. The van der Waals surface area contributed by atoms with Crippen LogP contribution in [-0.2, 0) is 0 Å². The topological polar surface area (TPSA) is 56.1 Å². The van der Waals surface area contributed by atoms with Crippen molar-refractivity contribution in [2.75, 3.05) is 9.80 Å². The number of rotatable bonds is 8. The summed E-state index contributed by atoms with van der Waals surface area (Å²) >= 11 is 13.3. The Balaban J connectivity index is 1.46. The van der Waals surface area contributed by atoms with Crippen LogP contribution in [0, 0.1) is 11.3 Å². The first kappa shape index (κ1) is 28.0. The first-order chi connectivity index (χ1) is 21.1. The van der Waals surface area contributed by atoms with Crippen molar-refractivity contribution >= 4 is 57.3 Å². The van der Waals surface area contributed by atoms with Crippen molar-refractivity contribution < 1.29 is 0 Å². The minimum atomic E-state index is -0.836. The molecule has 7 heteroatoms. The van der Waals surface area contributed by atoms with E-state index in [0.29, 0.717) is 11.4 Å². The molecule has 0 spiro atoms. The maximum atomic E-state index is 10.5. The lowest BCUT2D eigenvalue weighted by Crippen LogP contribution is -2.13. The number of hydrogen-bond acceptors (Lipinski definition) is 5. The van der Waals surface area contributed by atoms with Gasteiger partial charge in [0.1, 0.15) is 16.2 Å². The Bertz CT molecular complexity index is 1650. The van der Waals surface area contributed by atoms with Crippen molar-refractivity contribution in [1.82, 2.24) is 9.97 Å². The second kappa shape index (κ2) is 12.8. The predicted molar refractivity (Wildman–Crippen MR) is 175 cm³/mol. The van der Waals surface area contributed by atoms with E-state index in [1.807, 2.05) is 133 Å². The van der Waals surface area contributed by atoms with E-state index in [4.69, 9.17) is 23.2 Å². The average molecular weight is 599 g/mol. The van der Waals surface area contributed by atoms with Crippen molar-refractivity contribution in [3.8, 4) is 6.07 Å². The zero-order valence-corrected chi connectivity index (χ0v) is 24.4. The van der Waals surface area contributed by atoms with Crippen LogP contribution in [0.1, 0.15) is 17.3 Å². The lowest BCUT2D eigenvalue weighted by molar-refractivity contribution is 0.915. The predicted octanol–water partition coefficient (Wildman–Crippen LogP) is 10.4. The van der Waals surface area contributed by atoms with Gasteiger partial charge in [-0.15, -0.1) is 0 Å². The van der Waals surface area contributed by atoms with E-state index in [0.717, 1.165) is 34.1 Å². The van der Waals surface area contributed by atoms with Gasteiger partial charge in [-0.25, -0.2) is 9.97 Å². The smallest absolute Gasteiger partial charge is 0.131 e. The normalized spacial score (nSPS) is 10.7. The molecule has 43 heavy (non-hydrogen) atoms. The lowest BCUT2D eigenvalue weighted by Gasteiger charge is -2.27. The standard InChI is InChI=1S/C36H25Cl2N5/c37-35-23-30(42(26-13-5-1-6-14-26)27-15-7-2-8-16-27)21-33(40-35)32(25-39)34-22-31(24-36(38)41-34)43(28-17-9-3-10-18-28)29-19-11-4-12-20-29/h1-24,32H. The summed E-state index contributed by atoms with van der Waals surface area (Å²) in [5.41, 5.74) is 6.25. The fraction of sp³-hybridized carbons (Fsp3) is 0.0278. The minimum absolute atomic E-state index is 0.266. The van der Waals surface area contributed by atoms with Gasteiger partial charge in [0.2, 0.25) is 0 Å². The Morgan fingerprint density at radius 2 is 0.767 bits per heavy atom. The summed E-state index contributed by atoms with van der Waals surface area (Å²) in [6.07, 6.45) is 0. The minimum Gasteiger partial charge on any atom is -0.310 e. The van der Waals surface area contributed by atoms with Gasteiger partial charge in [-0.1, -0.05) is 96.0 Å². The van der Waals surface area contributed by atoms with Crippen molar-refractivity contribution in [2.24, 2.45) is 0 Å². The van der Waals surface area contributed by atoms with E-state index in [9.17, 15) is 5.26 Å². The number of nitriles is 1. The summed E-state index contributed by atoms with van der Waals surface area (Å²) in [7, 11) is 0. The molecule has 0 amide bonds. The van der Waals surface area contributed by atoms with Gasteiger partial charge in [-0.2, -0.15) is 5.26 Å². The van der Waals surface area contributed by atoms with Gasteiger partial charge in [0, 0.05) is 22.7 Å². The molecule has 2 heterocycles. The van der Waals surface area contributed by atoms with Gasteiger partial charge in [-0.05, 0) is 72.8 Å². The molecule has 0 fully saturated rings. The molecule has 0 bridgehead atoms.